The van der Waals surface area contributed by atoms with Crippen LogP contribution in [0.2, 0.25) is 0 Å². The molecule has 0 unspecified atom stereocenters. The molecule has 1 aromatic rings. The van der Waals surface area contributed by atoms with E-state index in [4.69, 9.17) is 0 Å². The Morgan fingerprint density at radius 3 is 2.75 bits per heavy atom. The van der Waals surface area contributed by atoms with Crippen molar-refractivity contribution in [1.82, 2.24) is 9.55 Å². The molecule has 0 amide bonds. The average Bonchev–Trinajstić information content (AvgIpc) is 2.19. The lowest BCUT2D eigenvalue weighted by Gasteiger charge is -2.08. The van der Waals surface area contributed by atoms with Gasteiger partial charge < -0.3 is 9.88 Å². The Bertz CT molecular complexity index is 400. The second kappa shape index (κ2) is 5.00. The largest absolute Gasteiger partial charge is 0.390 e. The van der Waals surface area contributed by atoms with E-state index in [9.17, 15) is 18.0 Å². The van der Waals surface area contributed by atoms with E-state index in [1.54, 1.807) is 6.92 Å². The molecule has 0 radical (unpaired) electrons. The van der Waals surface area contributed by atoms with Crippen LogP contribution < -0.4 is 10.9 Å². The highest BCUT2D eigenvalue weighted by Gasteiger charge is 2.26. The van der Waals surface area contributed by atoms with Gasteiger partial charge in [-0.05, 0) is 6.92 Å². The number of alkyl halides is 3. The fraction of sp³-hybridized carbons (Fsp3) is 0.556. The van der Waals surface area contributed by atoms with Gasteiger partial charge in [0.15, 0.2) is 5.82 Å². The number of hydrogen-bond acceptors (Lipinski definition) is 3. The lowest BCUT2D eigenvalue weighted by molar-refractivity contribution is -0.131. The Morgan fingerprint density at radius 1 is 1.50 bits per heavy atom. The normalized spacial score (nSPS) is 11.5. The first kappa shape index (κ1) is 12.5. The van der Waals surface area contributed by atoms with E-state index in [0.717, 1.165) is 0 Å². The van der Waals surface area contributed by atoms with Crippen molar-refractivity contribution in [3.05, 3.63) is 22.7 Å². The van der Waals surface area contributed by atoms with Gasteiger partial charge in [0.05, 0.1) is 6.42 Å². The molecule has 0 fully saturated rings. The first-order chi connectivity index (χ1) is 7.44. The molecular formula is C9H12F3N3O. The van der Waals surface area contributed by atoms with E-state index < -0.39 is 18.2 Å². The van der Waals surface area contributed by atoms with Crippen molar-refractivity contribution in [1.29, 1.82) is 0 Å². The number of aryl methyl sites for hydroxylation is 1. The van der Waals surface area contributed by atoms with Crippen LogP contribution in [0.4, 0.5) is 19.0 Å². The van der Waals surface area contributed by atoms with E-state index in [-0.39, 0.29) is 12.4 Å². The standard InChI is InChI=1S/C9H12F3N3O/c1-2-15-6-5-14-7(8(15)16)13-4-3-9(10,11)12/h5-6H,2-4H2,1H3,(H,13,14). The van der Waals surface area contributed by atoms with Gasteiger partial charge in [0, 0.05) is 25.5 Å². The van der Waals surface area contributed by atoms with Gasteiger partial charge in [0.25, 0.3) is 5.56 Å². The third-order valence-electron chi connectivity index (χ3n) is 1.96. The van der Waals surface area contributed by atoms with Gasteiger partial charge >= 0.3 is 6.18 Å². The molecule has 1 N–H and O–H groups in total. The Labute approximate surface area is 90.1 Å². The van der Waals surface area contributed by atoms with Crippen molar-refractivity contribution in [2.75, 3.05) is 11.9 Å². The number of rotatable bonds is 4. The summed E-state index contributed by atoms with van der Waals surface area (Å²) in [5.41, 5.74) is -0.410. The van der Waals surface area contributed by atoms with Gasteiger partial charge in [-0.3, -0.25) is 4.79 Å². The van der Waals surface area contributed by atoms with E-state index >= 15 is 0 Å². The predicted molar refractivity (Wildman–Crippen MR) is 53.3 cm³/mol. The van der Waals surface area contributed by atoms with Crippen molar-refractivity contribution in [2.45, 2.75) is 26.1 Å². The SMILES string of the molecule is CCn1ccnc(NCCC(F)(F)F)c1=O. The van der Waals surface area contributed by atoms with Gasteiger partial charge in [-0.1, -0.05) is 0 Å². The molecule has 0 aliphatic heterocycles. The summed E-state index contributed by atoms with van der Waals surface area (Å²) >= 11 is 0. The molecule has 7 heteroatoms. The van der Waals surface area contributed by atoms with Gasteiger partial charge in [-0.15, -0.1) is 0 Å². The van der Waals surface area contributed by atoms with Gasteiger partial charge in [0.1, 0.15) is 0 Å². The molecule has 0 aliphatic rings. The first-order valence-corrected chi connectivity index (χ1v) is 4.80. The summed E-state index contributed by atoms with van der Waals surface area (Å²) in [5, 5.41) is 2.38. The van der Waals surface area contributed by atoms with Crippen molar-refractivity contribution in [3.63, 3.8) is 0 Å². The zero-order valence-electron chi connectivity index (χ0n) is 8.71. The maximum Gasteiger partial charge on any atom is 0.390 e. The van der Waals surface area contributed by atoms with Crippen LogP contribution in [0, 0.1) is 0 Å². The van der Waals surface area contributed by atoms with E-state index in [2.05, 4.69) is 10.3 Å². The minimum absolute atomic E-state index is 0.0476. The molecule has 1 rings (SSSR count). The highest BCUT2D eigenvalue weighted by Crippen LogP contribution is 2.18. The Balaban J connectivity index is 2.65. The average molecular weight is 235 g/mol. The van der Waals surface area contributed by atoms with E-state index in [0.29, 0.717) is 6.54 Å². The molecule has 0 aromatic carbocycles. The summed E-state index contributed by atoms with van der Waals surface area (Å²) in [7, 11) is 0. The lowest BCUT2D eigenvalue weighted by Crippen LogP contribution is -2.25. The smallest absolute Gasteiger partial charge is 0.365 e. The fourth-order valence-corrected chi connectivity index (χ4v) is 1.14. The number of hydrogen-bond donors (Lipinski definition) is 1. The zero-order valence-corrected chi connectivity index (χ0v) is 8.71. The van der Waals surface area contributed by atoms with Gasteiger partial charge in [-0.2, -0.15) is 13.2 Å². The maximum atomic E-state index is 11.9. The first-order valence-electron chi connectivity index (χ1n) is 4.80. The lowest BCUT2D eigenvalue weighted by atomic mass is 10.4. The van der Waals surface area contributed by atoms with Crippen molar-refractivity contribution in [2.24, 2.45) is 0 Å². The second-order valence-electron chi connectivity index (χ2n) is 3.16. The van der Waals surface area contributed by atoms with Crippen LogP contribution in [-0.4, -0.2) is 22.3 Å². The topological polar surface area (TPSA) is 46.9 Å². The van der Waals surface area contributed by atoms with Crippen molar-refractivity contribution < 1.29 is 13.2 Å². The quantitative estimate of drug-likeness (QED) is 0.862. The molecule has 0 saturated heterocycles. The summed E-state index contributed by atoms with van der Waals surface area (Å²) in [4.78, 5) is 15.2. The van der Waals surface area contributed by atoms with Crippen LogP contribution in [-0.2, 0) is 6.54 Å². The Morgan fingerprint density at radius 2 is 2.19 bits per heavy atom. The van der Waals surface area contributed by atoms with Crippen LogP contribution in [0.5, 0.6) is 0 Å². The number of halogens is 3. The molecule has 90 valence electrons. The summed E-state index contributed by atoms with van der Waals surface area (Å²) in [6.45, 7) is 1.87. The van der Waals surface area contributed by atoms with Crippen LogP contribution in [0.25, 0.3) is 0 Å². The highest BCUT2D eigenvalue weighted by molar-refractivity contribution is 5.30. The number of nitrogens with one attached hydrogen (secondary N) is 1. The molecule has 0 saturated carbocycles. The van der Waals surface area contributed by atoms with E-state index in [1.807, 2.05) is 0 Å². The Kier molecular flexibility index (Phi) is 3.92. The van der Waals surface area contributed by atoms with Crippen LogP contribution >= 0.6 is 0 Å². The number of aromatic nitrogens is 2. The fourth-order valence-electron chi connectivity index (χ4n) is 1.14. The molecule has 16 heavy (non-hydrogen) atoms. The van der Waals surface area contributed by atoms with Crippen molar-refractivity contribution >= 4 is 5.82 Å². The minimum Gasteiger partial charge on any atom is -0.365 e. The number of anilines is 1. The summed E-state index contributed by atoms with van der Waals surface area (Å²) in [6, 6.07) is 0. The summed E-state index contributed by atoms with van der Waals surface area (Å²) < 4.78 is 36.9. The van der Waals surface area contributed by atoms with E-state index in [1.165, 1.54) is 17.0 Å². The second-order valence-corrected chi connectivity index (χ2v) is 3.16. The maximum absolute atomic E-state index is 11.9. The third-order valence-corrected chi connectivity index (χ3v) is 1.96. The monoisotopic (exact) mass is 235 g/mol. The predicted octanol–water partition coefficient (Wildman–Crippen LogP) is 1.63. The van der Waals surface area contributed by atoms with Crippen LogP contribution in [0.3, 0.4) is 0 Å². The van der Waals surface area contributed by atoms with Crippen LogP contribution in [0.1, 0.15) is 13.3 Å². The molecule has 4 nitrogen and oxygen atoms in total. The molecule has 0 atom stereocenters. The molecule has 0 aliphatic carbocycles. The molecule has 0 bridgehead atoms. The molecular weight excluding hydrogens is 223 g/mol. The van der Waals surface area contributed by atoms with Gasteiger partial charge in [0.2, 0.25) is 0 Å². The van der Waals surface area contributed by atoms with Crippen molar-refractivity contribution in [3.8, 4) is 0 Å². The van der Waals surface area contributed by atoms with Gasteiger partial charge in [-0.25, -0.2) is 4.98 Å². The molecule has 1 heterocycles. The third kappa shape index (κ3) is 3.56. The molecule has 1 aromatic heterocycles. The van der Waals surface area contributed by atoms with Crippen LogP contribution in [0.15, 0.2) is 17.2 Å². The number of nitrogens with zero attached hydrogens (tertiary/aromatic N) is 2. The summed E-state index contributed by atoms with van der Waals surface area (Å²) in [5.74, 6) is -0.0476. The minimum atomic E-state index is -4.23. The zero-order chi connectivity index (χ0) is 12.2. The summed E-state index contributed by atoms with van der Waals surface area (Å²) in [6.07, 6.45) is -2.36. The Hall–Kier alpha value is -1.53. The highest BCUT2D eigenvalue weighted by atomic mass is 19.4. The molecule has 0 spiro atoms.